The number of aryl methyl sites for hydroxylation is 2. The van der Waals surface area contributed by atoms with Crippen LogP contribution < -0.4 is 4.31 Å². The average molecular weight is 340 g/mol. The second kappa shape index (κ2) is 7.31. The van der Waals surface area contributed by atoms with Crippen molar-refractivity contribution in [3.63, 3.8) is 0 Å². The minimum Gasteiger partial charge on any atom is -0.378 e. The molecule has 0 N–H and O–H groups in total. The van der Waals surface area contributed by atoms with Gasteiger partial charge < -0.3 is 9.64 Å². The standard InChI is InChI=1S/C16H24N2O4S/c1-13-4-5-14(2)15(12-13)18(23(3,20)21)7-6-16(19)17-8-10-22-11-9-17/h4-5,12H,6-11H2,1-3H3. The molecule has 1 aliphatic rings. The highest BCUT2D eigenvalue weighted by Crippen LogP contribution is 2.24. The molecule has 0 atom stereocenters. The van der Waals surface area contributed by atoms with E-state index in [-0.39, 0.29) is 18.9 Å². The largest absolute Gasteiger partial charge is 0.378 e. The number of morpholine rings is 1. The van der Waals surface area contributed by atoms with Gasteiger partial charge in [-0.3, -0.25) is 9.10 Å². The second-order valence-electron chi connectivity index (χ2n) is 5.87. The highest BCUT2D eigenvalue weighted by atomic mass is 32.2. The lowest BCUT2D eigenvalue weighted by atomic mass is 10.1. The van der Waals surface area contributed by atoms with Gasteiger partial charge in [0.05, 0.1) is 25.2 Å². The number of nitrogens with zero attached hydrogens (tertiary/aromatic N) is 2. The number of ether oxygens (including phenoxy) is 1. The van der Waals surface area contributed by atoms with Crippen LogP contribution in [-0.2, 0) is 19.6 Å². The third-order valence-electron chi connectivity index (χ3n) is 3.93. The van der Waals surface area contributed by atoms with E-state index in [2.05, 4.69) is 0 Å². The van der Waals surface area contributed by atoms with E-state index < -0.39 is 10.0 Å². The number of sulfonamides is 1. The van der Waals surface area contributed by atoms with Gasteiger partial charge in [0, 0.05) is 26.1 Å². The number of carbonyl (C=O) groups excluding carboxylic acids is 1. The summed E-state index contributed by atoms with van der Waals surface area (Å²) in [6.07, 6.45) is 1.34. The Labute approximate surface area is 138 Å². The van der Waals surface area contributed by atoms with Crippen LogP contribution in [0.3, 0.4) is 0 Å². The van der Waals surface area contributed by atoms with Crippen LogP contribution in [0.1, 0.15) is 17.5 Å². The molecule has 1 aromatic rings. The minimum absolute atomic E-state index is 0.0349. The Morgan fingerprint density at radius 1 is 1.26 bits per heavy atom. The number of amides is 1. The lowest BCUT2D eigenvalue weighted by Crippen LogP contribution is -2.42. The van der Waals surface area contributed by atoms with Crippen molar-refractivity contribution in [2.75, 3.05) is 43.4 Å². The van der Waals surface area contributed by atoms with Crippen molar-refractivity contribution in [2.24, 2.45) is 0 Å². The van der Waals surface area contributed by atoms with Crippen molar-refractivity contribution in [3.05, 3.63) is 29.3 Å². The highest BCUT2D eigenvalue weighted by molar-refractivity contribution is 7.92. The summed E-state index contributed by atoms with van der Waals surface area (Å²) in [4.78, 5) is 14.0. The molecule has 0 bridgehead atoms. The van der Waals surface area contributed by atoms with Gasteiger partial charge in [-0.05, 0) is 31.0 Å². The van der Waals surface area contributed by atoms with Gasteiger partial charge in [-0.15, -0.1) is 0 Å². The van der Waals surface area contributed by atoms with Gasteiger partial charge in [0.2, 0.25) is 15.9 Å². The molecule has 2 rings (SSSR count). The van der Waals surface area contributed by atoms with Crippen LogP contribution in [0.2, 0.25) is 0 Å². The molecule has 0 spiro atoms. The molecule has 1 heterocycles. The molecule has 7 heteroatoms. The Balaban J connectivity index is 2.14. The summed E-state index contributed by atoms with van der Waals surface area (Å²) in [5.74, 6) is -0.0349. The van der Waals surface area contributed by atoms with E-state index in [1.54, 1.807) is 4.90 Å². The maximum absolute atomic E-state index is 12.3. The van der Waals surface area contributed by atoms with Crippen molar-refractivity contribution in [1.82, 2.24) is 4.90 Å². The molecule has 0 saturated carbocycles. The molecule has 0 radical (unpaired) electrons. The molecule has 1 fully saturated rings. The second-order valence-corrected chi connectivity index (χ2v) is 7.78. The number of hydrogen-bond donors (Lipinski definition) is 0. The Bertz CT molecular complexity index is 667. The topological polar surface area (TPSA) is 66.9 Å². The van der Waals surface area contributed by atoms with E-state index in [0.29, 0.717) is 32.0 Å². The predicted molar refractivity (Wildman–Crippen MR) is 90.1 cm³/mol. The zero-order valence-electron chi connectivity index (χ0n) is 13.9. The summed E-state index contributed by atoms with van der Waals surface area (Å²) >= 11 is 0. The zero-order chi connectivity index (χ0) is 17.0. The maximum Gasteiger partial charge on any atom is 0.232 e. The number of rotatable bonds is 5. The van der Waals surface area contributed by atoms with Gasteiger partial charge in [-0.25, -0.2) is 8.42 Å². The van der Waals surface area contributed by atoms with E-state index in [9.17, 15) is 13.2 Å². The average Bonchev–Trinajstić information content (AvgIpc) is 2.50. The number of hydrogen-bond acceptors (Lipinski definition) is 4. The number of carbonyl (C=O) groups is 1. The molecule has 1 amide bonds. The Kier molecular flexibility index (Phi) is 5.64. The van der Waals surface area contributed by atoms with E-state index in [1.165, 1.54) is 10.6 Å². The summed E-state index contributed by atoms with van der Waals surface area (Å²) in [7, 11) is -3.45. The molecule has 6 nitrogen and oxygen atoms in total. The Morgan fingerprint density at radius 3 is 2.52 bits per heavy atom. The van der Waals surface area contributed by atoms with Crippen LogP contribution in [-0.4, -0.2) is 58.3 Å². The van der Waals surface area contributed by atoms with Crippen molar-refractivity contribution in [1.29, 1.82) is 0 Å². The monoisotopic (exact) mass is 340 g/mol. The SMILES string of the molecule is Cc1ccc(C)c(N(CCC(=O)N2CCOCC2)S(C)(=O)=O)c1. The molecular formula is C16H24N2O4S. The van der Waals surface area contributed by atoms with E-state index >= 15 is 0 Å². The molecule has 0 aromatic heterocycles. The molecule has 1 aliphatic heterocycles. The third kappa shape index (κ3) is 4.68. The first-order chi connectivity index (χ1) is 10.8. The van der Waals surface area contributed by atoms with E-state index in [1.807, 2.05) is 32.0 Å². The molecular weight excluding hydrogens is 316 g/mol. The Hall–Kier alpha value is -1.60. The van der Waals surface area contributed by atoms with Gasteiger partial charge >= 0.3 is 0 Å². The molecule has 1 aromatic carbocycles. The fourth-order valence-electron chi connectivity index (χ4n) is 2.62. The normalized spacial score (nSPS) is 15.5. The van der Waals surface area contributed by atoms with Gasteiger partial charge in [0.1, 0.15) is 0 Å². The maximum atomic E-state index is 12.3. The molecule has 23 heavy (non-hydrogen) atoms. The lowest BCUT2D eigenvalue weighted by Gasteiger charge is -2.29. The predicted octanol–water partition coefficient (Wildman–Crippen LogP) is 1.32. The van der Waals surface area contributed by atoms with Crippen LogP contribution >= 0.6 is 0 Å². The smallest absolute Gasteiger partial charge is 0.232 e. The van der Waals surface area contributed by atoms with Crippen LogP contribution in [0, 0.1) is 13.8 Å². The first-order valence-corrected chi connectivity index (χ1v) is 9.54. The zero-order valence-corrected chi connectivity index (χ0v) is 14.7. The van der Waals surface area contributed by atoms with Crippen molar-refractivity contribution in [2.45, 2.75) is 20.3 Å². The van der Waals surface area contributed by atoms with Crippen LogP contribution in [0.4, 0.5) is 5.69 Å². The van der Waals surface area contributed by atoms with Gasteiger partial charge in [-0.2, -0.15) is 0 Å². The summed E-state index contributed by atoms with van der Waals surface area (Å²) in [6, 6.07) is 5.68. The number of benzene rings is 1. The van der Waals surface area contributed by atoms with Gasteiger partial charge in [0.25, 0.3) is 0 Å². The third-order valence-corrected chi connectivity index (χ3v) is 5.11. The molecule has 128 valence electrons. The van der Waals surface area contributed by atoms with Gasteiger partial charge in [0.15, 0.2) is 0 Å². The van der Waals surface area contributed by atoms with Crippen molar-refractivity contribution in [3.8, 4) is 0 Å². The quantitative estimate of drug-likeness (QED) is 0.811. The summed E-state index contributed by atoms with van der Waals surface area (Å²) < 4.78 is 30.9. The summed E-state index contributed by atoms with van der Waals surface area (Å²) in [5.41, 5.74) is 2.50. The first-order valence-electron chi connectivity index (χ1n) is 7.69. The molecule has 0 aliphatic carbocycles. The fourth-order valence-corrected chi connectivity index (χ4v) is 3.60. The van der Waals surface area contributed by atoms with Crippen molar-refractivity contribution >= 4 is 21.6 Å². The fraction of sp³-hybridized carbons (Fsp3) is 0.562. The first kappa shape index (κ1) is 17.7. The number of anilines is 1. The van der Waals surface area contributed by atoms with Crippen LogP contribution in [0.5, 0.6) is 0 Å². The van der Waals surface area contributed by atoms with E-state index in [0.717, 1.165) is 11.1 Å². The van der Waals surface area contributed by atoms with Crippen LogP contribution in [0.15, 0.2) is 18.2 Å². The lowest BCUT2D eigenvalue weighted by molar-refractivity contribution is -0.134. The highest BCUT2D eigenvalue weighted by Gasteiger charge is 2.23. The molecule has 0 unspecified atom stereocenters. The van der Waals surface area contributed by atoms with Gasteiger partial charge in [-0.1, -0.05) is 12.1 Å². The van der Waals surface area contributed by atoms with Crippen molar-refractivity contribution < 1.29 is 17.9 Å². The summed E-state index contributed by atoms with van der Waals surface area (Å²) in [6.45, 7) is 6.16. The minimum atomic E-state index is -3.45. The van der Waals surface area contributed by atoms with Crippen LogP contribution in [0.25, 0.3) is 0 Å². The summed E-state index contributed by atoms with van der Waals surface area (Å²) in [5, 5.41) is 0. The Morgan fingerprint density at radius 2 is 1.91 bits per heavy atom. The molecule has 1 saturated heterocycles. The van der Waals surface area contributed by atoms with E-state index in [4.69, 9.17) is 4.74 Å².